The number of carbonyl (C=O) groups is 2. The van der Waals surface area contributed by atoms with Crippen LogP contribution in [0, 0.1) is 5.92 Å². The summed E-state index contributed by atoms with van der Waals surface area (Å²) in [6.45, 7) is 0. The van der Waals surface area contributed by atoms with Crippen LogP contribution in [0.15, 0.2) is 17.2 Å². The number of amides is 1. The highest BCUT2D eigenvalue weighted by Gasteiger charge is 2.46. The average Bonchev–Trinajstić information content (AvgIpc) is 3.33. The van der Waals surface area contributed by atoms with Gasteiger partial charge in [-0.2, -0.15) is 0 Å². The Morgan fingerprint density at radius 2 is 2.03 bits per heavy atom. The molecule has 1 aliphatic heterocycles. The monoisotopic (exact) mass is 497 g/mol. The zero-order chi connectivity index (χ0) is 23.6. The molecule has 4 heterocycles. The third-order valence-electron chi connectivity index (χ3n) is 7.67. The Morgan fingerprint density at radius 1 is 1.24 bits per heavy atom. The minimum absolute atomic E-state index is 0.0594. The van der Waals surface area contributed by atoms with Crippen molar-refractivity contribution in [3.63, 3.8) is 0 Å². The molecule has 1 amide bonds. The van der Waals surface area contributed by atoms with E-state index in [2.05, 4.69) is 15.3 Å². The number of rotatable bonds is 3. The number of aromatic nitrogens is 3. The van der Waals surface area contributed by atoms with Crippen LogP contribution in [0.4, 0.5) is 11.5 Å². The first kappa shape index (κ1) is 21.7. The van der Waals surface area contributed by atoms with Crippen molar-refractivity contribution in [3.05, 3.63) is 43.9 Å². The van der Waals surface area contributed by atoms with Gasteiger partial charge in [0.05, 0.1) is 15.9 Å². The minimum Gasteiger partial charge on any atom is -0.369 e. The Labute approximate surface area is 204 Å². The number of thiophene rings is 1. The highest BCUT2D eigenvalue weighted by atomic mass is 35.5. The number of hydrogen-bond donors (Lipinski definition) is 2. The molecule has 3 N–H and O–H groups in total. The number of carbonyl (C=O) groups excluding carboxylic acids is 2. The number of nitrogens with two attached hydrogens (primary N) is 1. The summed E-state index contributed by atoms with van der Waals surface area (Å²) in [5.74, 6) is 0.0282. The molecule has 1 spiro atoms. The van der Waals surface area contributed by atoms with Crippen LogP contribution in [0.25, 0.3) is 10.2 Å². The molecule has 0 bridgehead atoms. The summed E-state index contributed by atoms with van der Waals surface area (Å²) in [4.78, 5) is 49.0. The number of nitrogens with one attached hydrogen (secondary N) is 1. The molecule has 0 saturated heterocycles. The predicted octanol–water partition coefficient (Wildman–Crippen LogP) is 4.09. The van der Waals surface area contributed by atoms with Crippen LogP contribution in [0.1, 0.15) is 65.9 Å². The van der Waals surface area contributed by atoms with Crippen LogP contribution < -0.4 is 16.6 Å². The van der Waals surface area contributed by atoms with Gasteiger partial charge in [0.15, 0.2) is 5.78 Å². The first-order chi connectivity index (χ1) is 16.4. The van der Waals surface area contributed by atoms with Crippen molar-refractivity contribution in [2.45, 2.75) is 63.3 Å². The quantitative estimate of drug-likeness (QED) is 0.562. The lowest BCUT2D eigenvalue weighted by Crippen LogP contribution is -2.40. The van der Waals surface area contributed by atoms with Gasteiger partial charge in [-0.05, 0) is 43.7 Å². The van der Waals surface area contributed by atoms with Crippen molar-refractivity contribution < 1.29 is 9.59 Å². The van der Waals surface area contributed by atoms with Crippen LogP contribution in [-0.2, 0) is 23.2 Å². The first-order valence-electron chi connectivity index (χ1n) is 11.7. The summed E-state index contributed by atoms with van der Waals surface area (Å²) in [6, 6.07) is 1.55. The Balaban J connectivity index is 1.45. The largest absolute Gasteiger partial charge is 0.369 e. The van der Waals surface area contributed by atoms with Crippen molar-refractivity contribution in [2.75, 3.05) is 5.32 Å². The van der Waals surface area contributed by atoms with Crippen LogP contribution in [0.3, 0.4) is 0 Å². The molecular formula is C24H24ClN5O3S. The molecular weight excluding hydrogens is 474 g/mol. The lowest BCUT2D eigenvalue weighted by atomic mass is 9.80. The first-order valence-corrected chi connectivity index (χ1v) is 12.9. The molecule has 0 radical (unpaired) electrons. The van der Waals surface area contributed by atoms with Gasteiger partial charge in [-0.25, -0.2) is 9.97 Å². The maximum Gasteiger partial charge on any atom is 0.275 e. The van der Waals surface area contributed by atoms with Gasteiger partial charge < -0.3 is 11.1 Å². The molecule has 1 atom stereocenters. The summed E-state index contributed by atoms with van der Waals surface area (Å²) in [7, 11) is 0. The Morgan fingerprint density at radius 3 is 2.79 bits per heavy atom. The molecule has 1 saturated carbocycles. The van der Waals surface area contributed by atoms with E-state index in [1.165, 1.54) is 17.7 Å². The van der Waals surface area contributed by atoms with E-state index < -0.39 is 5.54 Å². The Kier molecular flexibility index (Phi) is 5.04. The van der Waals surface area contributed by atoms with E-state index in [0.717, 1.165) is 52.8 Å². The molecule has 176 valence electrons. The number of ketones is 1. The van der Waals surface area contributed by atoms with Gasteiger partial charge in [0.1, 0.15) is 28.4 Å². The molecule has 10 heteroatoms. The smallest absolute Gasteiger partial charge is 0.275 e. The second-order valence-corrected chi connectivity index (χ2v) is 11.1. The second-order valence-electron chi connectivity index (χ2n) is 9.65. The molecule has 8 nitrogen and oxygen atoms in total. The molecule has 3 aromatic heterocycles. The van der Waals surface area contributed by atoms with Crippen molar-refractivity contribution >= 4 is 56.4 Å². The zero-order valence-electron chi connectivity index (χ0n) is 18.5. The lowest BCUT2D eigenvalue weighted by Gasteiger charge is -2.35. The number of hydrogen-bond acceptors (Lipinski definition) is 7. The summed E-state index contributed by atoms with van der Waals surface area (Å²) in [5.41, 5.74) is 6.57. The number of primary amides is 1. The van der Waals surface area contributed by atoms with Gasteiger partial charge in [0, 0.05) is 17.2 Å². The fraction of sp³-hybridized carbons (Fsp3) is 0.458. The van der Waals surface area contributed by atoms with E-state index in [1.807, 2.05) is 0 Å². The maximum atomic E-state index is 13.7. The standard InChI is InChI=1S/C24H24ClN5O3S/c25-14-9-15(23(33)30-19(14)16(31)10-24(30)6-2-1-3-7-24)29-21-18-13-5-4-12(20(26)32)8-17(13)34-22(18)28-11-27-21/h9,11-12H,1-8,10H2,(H2,26,32)(H,27,28,29)/t12-/m0/s1. The lowest BCUT2D eigenvalue weighted by molar-refractivity contribution is -0.122. The second kappa shape index (κ2) is 7.88. The summed E-state index contributed by atoms with van der Waals surface area (Å²) in [6.07, 6.45) is 8.51. The van der Waals surface area contributed by atoms with Crippen molar-refractivity contribution in [1.82, 2.24) is 14.5 Å². The molecule has 6 rings (SSSR count). The van der Waals surface area contributed by atoms with Gasteiger partial charge in [0.2, 0.25) is 5.91 Å². The molecule has 0 aromatic carbocycles. The minimum atomic E-state index is -0.477. The number of Topliss-reactive ketones (excluding diaryl/α,β-unsaturated/α-hetero) is 1. The highest BCUT2D eigenvalue weighted by Crippen LogP contribution is 2.45. The van der Waals surface area contributed by atoms with E-state index in [4.69, 9.17) is 17.3 Å². The molecule has 3 aromatic rings. The van der Waals surface area contributed by atoms with Gasteiger partial charge in [-0.15, -0.1) is 11.3 Å². The van der Waals surface area contributed by atoms with E-state index in [9.17, 15) is 14.4 Å². The highest BCUT2D eigenvalue weighted by molar-refractivity contribution is 7.19. The third kappa shape index (κ3) is 3.20. The number of aryl methyl sites for hydroxylation is 1. The van der Waals surface area contributed by atoms with Gasteiger partial charge in [-0.1, -0.05) is 30.9 Å². The number of pyridine rings is 1. The van der Waals surface area contributed by atoms with E-state index in [-0.39, 0.29) is 28.2 Å². The van der Waals surface area contributed by atoms with Gasteiger partial charge in [0.25, 0.3) is 5.56 Å². The SMILES string of the molecule is NC(=O)[C@H]1CCc2c(sc3ncnc(Nc4cc(Cl)c5n(c4=O)C4(CCCCC4)CC5=O)c23)C1. The zero-order valence-corrected chi connectivity index (χ0v) is 20.1. The van der Waals surface area contributed by atoms with Crippen LogP contribution >= 0.6 is 22.9 Å². The Hall–Kier alpha value is -2.78. The van der Waals surface area contributed by atoms with Crippen LogP contribution in [-0.4, -0.2) is 26.2 Å². The van der Waals surface area contributed by atoms with Crippen molar-refractivity contribution in [2.24, 2.45) is 11.7 Å². The van der Waals surface area contributed by atoms with E-state index in [0.29, 0.717) is 42.9 Å². The van der Waals surface area contributed by atoms with E-state index >= 15 is 0 Å². The molecule has 1 fully saturated rings. The summed E-state index contributed by atoms with van der Waals surface area (Å²) >= 11 is 8.11. The predicted molar refractivity (Wildman–Crippen MR) is 131 cm³/mol. The number of halogens is 1. The number of nitrogens with zero attached hydrogens (tertiary/aromatic N) is 3. The molecule has 2 aliphatic carbocycles. The third-order valence-corrected chi connectivity index (χ3v) is 9.12. The molecule has 34 heavy (non-hydrogen) atoms. The van der Waals surface area contributed by atoms with Crippen LogP contribution in [0.5, 0.6) is 0 Å². The van der Waals surface area contributed by atoms with E-state index in [1.54, 1.807) is 10.6 Å². The van der Waals surface area contributed by atoms with Gasteiger partial charge in [-0.3, -0.25) is 19.0 Å². The molecule has 0 unspecified atom stereocenters. The van der Waals surface area contributed by atoms with Crippen molar-refractivity contribution in [1.29, 1.82) is 0 Å². The summed E-state index contributed by atoms with van der Waals surface area (Å²) < 4.78 is 1.66. The number of fused-ring (bicyclic) bond motifs is 5. The van der Waals surface area contributed by atoms with Crippen LogP contribution in [0.2, 0.25) is 5.02 Å². The fourth-order valence-electron chi connectivity index (χ4n) is 6.03. The topological polar surface area (TPSA) is 120 Å². The molecule has 3 aliphatic rings. The maximum absolute atomic E-state index is 13.7. The fourth-order valence-corrected chi connectivity index (χ4v) is 7.60. The van der Waals surface area contributed by atoms with Crippen molar-refractivity contribution in [3.8, 4) is 0 Å². The normalized spacial score (nSPS) is 21.0. The Bertz CT molecular complexity index is 1420. The average molecular weight is 498 g/mol. The van der Waals surface area contributed by atoms with Gasteiger partial charge >= 0.3 is 0 Å². The summed E-state index contributed by atoms with van der Waals surface area (Å²) in [5, 5.41) is 4.39. The number of anilines is 2.